The molecule has 1 N–H and O–H groups in total. The summed E-state index contributed by atoms with van der Waals surface area (Å²) in [5, 5.41) is 4.10. The number of alkyl halides is 3. The number of pyridine rings is 1. The Morgan fingerprint density at radius 3 is 2.40 bits per heavy atom. The lowest BCUT2D eigenvalue weighted by atomic mass is 9.77. The van der Waals surface area contributed by atoms with Gasteiger partial charge in [-0.3, -0.25) is 9.78 Å². The first-order chi connectivity index (χ1) is 14.3. The first-order valence-electron chi connectivity index (χ1n) is 10.2. The van der Waals surface area contributed by atoms with Crippen LogP contribution in [-0.4, -0.2) is 16.4 Å². The van der Waals surface area contributed by atoms with Gasteiger partial charge >= 0.3 is 6.18 Å². The number of halogens is 3. The molecule has 1 fully saturated rings. The summed E-state index contributed by atoms with van der Waals surface area (Å²) in [4.78, 5) is 17.4. The molecule has 1 heterocycles. The van der Waals surface area contributed by atoms with Gasteiger partial charge in [0.1, 0.15) is 0 Å². The monoisotopic (exact) mass is 412 g/mol. The zero-order chi connectivity index (χ0) is 21.2. The molecule has 6 heteroatoms. The predicted molar refractivity (Wildman–Crippen MR) is 110 cm³/mol. The third-order valence-electron chi connectivity index (χ3n) is 5.87. The smallest absolute Gasteiger partial charge is 0.346 e. The highest BCUT2D eigenvalue weighted by atomic mass is 19.4. The van der Waals surface area contributed by atoms with Gasteiger partial charge in [-0.05, 0) is 49.1 Å². The molecule has 1 saturated carbocycles. The van der Waals surface area contributed by atoms with E-state index in [0.717, 1.165) is 60.7 Å². The van der Waals surface area contributed by atoms with Gasteiger partial charge in [0.2, 0.25) is 0 Å². The van der Waals surface area contributed by atoms with Crippen molar-refractivity contribution in [2.45, 2.75) is 50.2 Å². The average molecular weight is 412 g/mol. The molecule has 0 atom stereocenters. The third kappa shape index (κ3) is 4.48. The molecule has 1 aromatic heterocycles. The van der Waals surface area contributed by atoms with Crippen molar-refractivity contribution in [2.24, 2.45) is 0 Å². The van der Waals surface area contributed by atoms with E-state index in [-0.39, 0.29) is 5.91 Å². The van der Waals surface area contributed by atoms with Gasteiger partial charge in [0.15, 0.2) is 0 Å². The number of rotatable bonds is 4. The minimum Gasteiger partial charge on any atom is -0.346 e. The highest BCUT2D eigenvalue weighted by Gasteiger charge is 2.35. The number of fused-ring (bicyclic) bond motifs is 1. The Kier molecular flexibility index (Phi) is 5.50. The van der Waals surface area contributed by atoms with Crippen LogP contribution in [0, 0.1) is 0 Å². The molecule has 0 saturated heterocycles. The summed E-state index contributed by atoms with van der Waals surface area (Å²) in [7, 11) is 0. The van der Waals surface area contributed by atoms with Crippen molar-refractivity contribution >= 4 is 16.8 Å². The lowest BCUT2D eigenvalue weighted by Gasteiger charge is -2.38. The lowest BCUT2D eigenvalue weighted by Crippen LogP contribution is -2.51. The van der Waals surface area contributed by atoms with Crippen molar-refractivity contribution < 1.29 is 18.0 Å². The second-order valence-corrected chi connectivity index (χ2v) is 8.08. The molecule has 0 aliphatic heterocycles. The Morgan fingerprint density at radius 2 is 1.70 bits per heavy atom. The van der Waals surface area contributed by atoms with E-state index in [0.29, 0.717) is 12.0 Å². The van der Waals surface area contributed by atoms with Crippen LogP contribution in [0.3, 0.4) is 0 Å². The van der Waals surface area contributed by atoms with Crippen LogP contribution >= 0.6 is 0 Å². The molecule has 4 rings (SSSR count). The van der Waals surface area contributed by atoms with Crippen molar-refractivity contribution in [3.05, 3.63) is 77.5 Å². The third-order valence-corrected chi connectivity index (χ3v) is 5.87. The zero-order valence-electron chi connectivity index (χ0n) is 16.5. The molecule has 1 aliphatic carbocycles. The normalized spacial score (nSPS) is 16.4. The molecule has 30 heavy (non-hydrogen) atoms. The quantitative estimate of drug-likeness (QED) is 0.577. The van der Waals surface area contributed by atoms with Crippen molar-refractivity contribution in [3.63, 3.8) is 0 Å². The van der Waals surface area contributed by atoms with Gasteiger partial charge in [-0.15, -0.1) is 0 Å². The number of hydrogen-bond donors (Lipinski definition) is 1. The van der Waals surface area contributed by atoms with E-state index in [4.69, 9.17) is 0 Å². The lowest BCUT2D eigenvalue weighted by molar-refractivity contribution is -0.137. The molecule has 1 aliphatic rings. The molecule has 0 unspecified atom stereocenters. The Morgan fingerprint density at radius 1 is 1.00 bits per heavy atom. The molecule has 156 valence electrons. The van der Waals surface area contributed by atoms with Crippen molar-refractivity contribution in [2.75, 3.05) is 0 Å². The Balaban J connectivity index is 1.56. The molecular weight excluding hydrogens is 389 g/mol. The van der Waals surface area contributed by atoms with Crippen LogP contribution in [-0.2, 0) is 12.6 Å². The number of nitrogens with zero attached hydrogens (tertiary/aromatic N) is 1. The van der Waals surface area contributed by atoms with E-state index in [1.54, 1.807) is 6.20 Å². The summed E-state index contributed by atoms with van der Waals surface area (Å²) in [6.07, 6.45) is 2.42. The summed E-state index contributed by atoms with van der Waals surface area (Å²) in [5.74, 6) is -0.193. The fourth-order valence-electron chi connectivity index (χ4n) is 4.29. The summed E-state index contributed by atoms with van der Waals surface area (Å²) in [6, 6.07) is 14.7. The Hall–Kier alpha value is -2.89. The molecule has 3 nitrogen and oxygen atoms in total. The van der Waals surface area contributed by atoms with Gasteiger partial charge in [-0.2, -0.15) is 13.2 Å². The fraction of sp³-hybridized carbons (Fsp3) is 0.333. The molecule has 0 bridgehead atoms. The molecule has 1 amide bonds. The maximum absolute atomic E-state index is 13.0. The molecular formula is C24H23F3N2O. The standard InChI is InChI=1S/C24H23F3N2O/c25-24(26,27)20-10-8-17(9-11-20)15-23(12-4-1-5-13-23)29-22(30)19-14-18-6-2-3-7-21(18)28-16-19/h2-3,6-11,14,16H,1,4-5,12-13,15H2,(H,29,30). The SMILES string of the molecule is O=C(NC1(Cc2ccc(C(F)(F)F)cc2)CCCCC1)c1cnc2ccccc2c1. The largest absolute Gasteiger partial charge is 0.416 e. The summed E-state index contributed by atoms with van der Waals surface area (Å²) in [5.41, 5.74) is 0.995. The number of carbonyl (C=O) groups is 1. The van der Waals surface area contributed by atoms with Crippen LogP contribution < -0.4 is 5.32 Å². The first kappa shape index (κ1) is 20.4. The predicted octanol–water partition coefficient (Wildman–Crippen LogP) is 5.93. The highest BCUT2D eigenvalue weighted by Crippen LogP contribution is 2.34. The van der Waals surface area contributed by atoms with Crippen LogP contribution in [0.2, 0.25) is 0 Å². The number of benzene rings is 2. The number of hydrogen-bond acceptors (Lipinski definition) is 2. The number of carbonyl (C=O) groups excluding carboxylic acids is 1. The van der Waals surface area contributed by atoms with Crippen molar-refractivity contribution in [1.29, 1.82) is 0 Å². The van der Waals surface area contributed by atoms with Crippen LogP contribution in [0.25, 0.3) is 10.9 Å². The van der Waals surface area contributed by atoms with E-state index in [2.05, 4.69) is 10.3 Å². The second-order valence-electron chi connectivity index (χ2n) is 8.08. The maximum Gasteiger partial charge on any atom is 0.416 e. The first-order valence-corrected chi connectivity index (χ1v) is 10.2. The van der Waals surface area contributed by atoms with Crippen molar-refractivity contribution in [1.82, 2.24) is 10.3 Å². The molecule has 0 spiro atoms. The Labute approximate surface area is 173 Å². The van der Waals surface area contributed by atoms with E-state index in [9.17, 15) is 18.0 Å². The van der Waals surface area contributed by atoms with Gasteiger partial charge in [0.25, 0.3) is 5.91 Å². The number of amides is 1. The van der Waals surface area contributed by atoms with Crippen molar-refractivity contribution in [3.8, 4) is 0 Å². The van der Waals surface area contributed by atoms with E-state index in [1.165, 1.54) is 12.1 Å². The van der Waals surface area contributed by atoms with Crippen LogP contribution in [0.15, 0.2) is 60.8 Å². The van der Waals surface area contributed by atoms with E-state index >= 15 is 0 Å². The number of aromatic nitrogens is 1. The van der Waals surface area contributed by atoms with Gasteiger partial charge in [-0.1, -0.05) is 49.6 Å². The molecule has 3 aromatic rings. The maximum atomic E-state index is 13.0. The number of nitrogens with one attached hydrogen (secondary N) is 1. The summed E-state index contributed by atoms with van der Waals surface area (Å²) in [6.45, 7) is 0. The van der Waals surface area contributed by atoms with Crippen LogP contribution in [0.1, 0.15) is 53.6 Å². The topological polar surface area (TPSA) is 42.0 Å². The minimum atomic E-state index is -4.35. The minimum absolute atomic E-state index is 0.193. The van der Waals surface area contributed by atoms with Gasteiger partial charge < -0.3 is 5.32 Å². The zero-order valence-corrected chi connectivity index (χ0v) is 16.5. The summed E-state index contributed by atoms with van der Waals surface area (Å²) < 4.78 is 38.6. The van der Waals surface area contributed by atoms with Crippen LogP contribution in [0.5, 0.6) is 0 Å². The van der Waals surface area contributed by atoms with Gasteiger partial charge in [0.05, 0.1) is 16.6 Å². The van der Waals surface area contributed by atoms with E-state index in [1.807, 2.05) is 30.3 Å². The van der Waals surface area contributed by atoms with Gasteiger partial charge in [0, 0.05) is 17.1 Å². The van der Waals surface area contributed by atoms with Gasteiger partial charge in [-0.25, -0.2) is 0 Å². The average Bonchev–Trinajstić information content (AvgIpc) is 2.73. The second kappa shape index (κ2) is 8.09. The van der Waals surface area contributed by atoms with E-state index < -0.39 is 17.3 Å². The number of para-hydroxylation sites is 1. The van der Waals surface area contributed by atoms with Crippen LogP contribution in [0.4, 0.5) is 13.2 Å². The summed E-state index contributed by atoms with van der Waals surface area (Å²) >= 11 is 0. The fourth-order valence-corrected chi connectivity index (χ4v) is 4.29. The highest BCUT2D eigenvalue weighted by molar-refractivity contribution is 5.97. The molecule has 0 radical (unpaired) electrons. The Bertz CT molecular complexity index is 1040. The molecule has 2 aromatic carbocycles.